The third-order valence-electron chi connectivity index (χ3n) is 2.86. The number of hydrogen-bond donors (Lipinski definition) is 0. The van der Waals surface area contributed by atoms with E-state index in [0.717, 1.165) is 16.7 Å². The summed E-state index contributed by atoms with van der Waals surface area (Å²) in [6, 6.07) is 16.1. The summed E-state index contributed by atoms with van der Waals surface area (Å²) in [6.07, 6.45) is 3.94. The van der Waals surface area contributed by atoms with Gasteiger partial charge in [-0.15, -0.1) is 0 Å². The van der Waals surface area contributed by atoms with E-state index in [4.69, 9.17) is 4.74 Å². The number of methoxy groups -OCH3 is 1. The molecule has 2 aromatic carbocycles. The maximum atomic E-state index is 9.25. The maximum Gasteiger partial charge on any atom is 0.137 e. The van der Waals surface area contributed by atoms with Crippen molar-refractivity contribution >= 4 is 12.2 Å². The Balaban J connectivity index is 2.43. The molecule has 0 radical (unpaired) electrons. The zero-order chi connectivity index (χ0) is 13.7. The first-order chi connectivity index (χ1) is 9.24. The number of ether oxygens (including phenoxy) is 1. The summed E-state index contributed by atoms with van der Waals surface area (Å²) in [5.74, 6) is 0.621. The molecule has 0 unspecified atom stereocenters. The average molecular weight is 249 g/mol. The fourth-order valence-electron chi connectivity index (χ4n) is 1.94. The van der Waals surface area contributed by atoms with Crippen molar-refractivity contribution in [3.8, 4) is 11.8 Å². The van der Waals surface area contributed by atoms with Gasteiger partial charge in [-0.3, -0.25) is 0 Å². The molecule has 2 nitrogen and oxygen atoms in total. The van der Waals surface area contributed by atoms with Gasteiger partial charge in [-0.05, 0) is 29.7 Å². The molecule has 0 saturated carbocycles. The highest BCUT2D eigenvalue weighted by Crippen LogP contribution is 2.25. The van der Waals surface area contributed by atoms with Crippen molar-refractivity contribution in [2.75, 3.05) is 7.11 Å². The summed E-state index contributed by atoms with van der Waals surface area (Å²) in [5, 5.41) is 9.25. The second kappa shape index (κ2) is 5.88. The third-order valence-corrected chi connectivity index (χ3v) is 2.86. The summed E-state index contributed by atoms with van der Waals surface area (Å²) in [4.78, 5) is 0. The molecular weight excluding hydrogens is 234 g/mol. The molecule has 0 aliphatic carbocycles. The van der Waals surface area contributed by atoms with Crippen LogP contribution in [0.2, 0.25) is 0 Å². The van der Waals surface area contributed by atoms with Gasteiger partial charge < -0.3 is 4.74 Å². The van der Waals surface area contributed by atoms with Gasteiger partial charge in [-0.1, -0.05) is 48.6 Å². The summed E-state index contributed by atoms with van der Waals surface area (Å²) < 4.78 is 5.25. The Bertz CT molecular complexity index is 636. The van der Waals surface area contributed by atoms with Gasteiger partial charge in [0.15, 0.2) is 0 Å². The number of benzene rings is 2. The van der Waals surface area contributed by atoms with E-state index in [-0.39, 0.29) is 0 Å². The lowest BCUT2D eigenvalue weighted by Crippen LogP contribution is -1.92. The SMILES string of the molecule is COc1cc(C)cc(/C=C/c2ccccc2)c1C#N. The van der Waals surface area contributed by atoms with E-state index in [1.54, 1.807) is 7.11 Å². The van der Waals surface area contributed by atoms with Gasteiger partial charge in [0.1, 0.15) is 17.4 Å². The minimum absolute atomic E-state index is 0.570. The van der Waals surface area contributed by atoms with Gasteiger partial charge in [0.25, 0.3) is 0 Å². The number of rotatable bonds is 3. The van der Waals surface area contributed by atoms with E-state index >= 15 is 0 Å². The van der Waals surface area contributed by atoms with Crippen LogP contribution in [-0.4, -0.2) is 7.11 Å². The summed E-state index contributed by atoms with van der Waals surface area (Å²) in [7, 11) is 1.58. The van der Waals surface area contributed by atoms with E-state index < -0.39 is 0 Å². The second-order valence-corrected chi connectivity index (χ2v) is 4.29. The van der Waals surface area contributed by atoms with Crippen molar-refractivity contribution in [1.82, 2.24) is 0 Å². The van der Waals surface area contributed by atoms with Crippen molar-refractivity contribution < 1.29 is 4.74 Å². The van der Waals surface area contributed by atoms with Gasteiger partial charge >= 0.3 is 0 Å². The lowest BCUT2D eigenvalue weighted by Gasteiger charge is -2.07. The molecule has 0 heterocycles. The van der Waals surface area contributed by atoms with Gasteiger partial charge in [0, 0.05) is 0 Å². The average Bonchev–Trinajstić information content (AvgIpc) is 2.45. The van der Waals surface area contributed by atoms with Crippen LogP contribution in [0.3, 0.4) is 0 Å². The summed E-state index contributed by atoms with van der Waals surface area (Å²) in [6.45, 7) is 1.99. The van der Waals surface area contributed by atoms with Crippen LogP contribution in [0.5, 0.6) is 5.75 Å². The van der Waals surface area contributed by atoms with E-state index in [9.17, 15) is 5.26 Å². The van der Waals surface area contributed by atoms with Crippen LogP contribution in [0, 0.1) is 18.3 Å². The standard InChI is InChI=1S/C17H15NO/c1-13-10-15(16(12-18)17(11-13)19-2)9-8-14-6-4-3-5-7-14/h3-11H,1-2H3/b9-8+. The fourth-order valence-corrected chi connectivity index (χ4v) is 1.94. The molecule has 0 aliphatic rings. The van der Waals surface area contributed by atoms with Crippen molar-refractivity contribution in [1.29, 1.82) is 5.26 Å². The van der Waals surface area contributed by atoms with Crippen LogP contribution in [0.25, 0.3) is 12.2 Å². The lowest BCUT2D eigenvalue weighted by atomic mass is 10.0. The maximum absolute atomic E-state index is 9.25. The molecule has 19 heavy (non-hydrogen) atoms. The molecule has 0 amide bonds. The van der Waals surface area contributed by atoms with Gasteiger partial charge in [-0.25, -0.2) is 0 Å². The molecule has 2 heteroatoms. The molecule has 2 rings (SSSR count). The van der Waals surface area contributed by atoms with E-state index in [1.807, 2.05) is 61.5 Å². The molecule has 0 spiro atoms. The molecule has 2 aromatic rings. The largest absolute Gasteiger partial charge is 0.495 e. The molecule has 0 saturated heterocycles. The predicted octanol–water partition coefficient (Wildman–Crippen LogP) is 4.05. The Morgan fingerprint density at radius 1 is 1.11 bits per heavy atom. The Morgan fingerprint density at radius 2 is 1.84 bits per heavy atom. The Morgan fingerprint density at radius 3 is 2.47 bits per heavy atom. The van der Waals surface area contributed by atoms with E-state index in [0.29, 0.717) is 11.3 Å². The number of aryl methyl sites for hydroxylation is 1. The van der Waals surface area contributed by atoms with Crippen molar-refractivity contribution in [2.24, 2.45) is 0 Å². The minimum Gasteiger partial charge on any atom is -0.495 e. The quantitative estimate of drug-likeness (QED) is 0.769. The first-order valence-corrected chi connectivity index (χ1v) is 6.06. The Labute approximate surface area is 113 Å². The van der Waals surface area contributed by atoms with Crippen LogP contribution in [0.15, 0.2) is 42.5 Å². The second-order valence-electron chi connectivity index (χ2n) is 4.29. The highest BCUT2D eigenvalue weighted by atomic mass is 16.5. The molecule has 0 aliphatic heterocycles. The fraction of sp³-hybridized carbons (Fsp3) is 0.118. The van der Waals surface area contributed by atoms with Gasteiger partial charge in [0.05, 0.1) is 7.11 Å². The molecule has 0 atom stereocenters. The van der Waals surface area contributed by atoms with E-state index in [1.165, 1.54) is 0 Å². The van der Waals surface area contributed by atoms with Crippen molar-refractivity contribution in [2.45, 2.75) is 6.92 Å². The highest BCUT2D eigenvalue weighted by Gasteiger charge is 2.07. The van der Waals surface area contributed by atoms with Crippen LogP contribution < -0.4 is 4.74 Å². The number of nitrogens with zero attached hydrogens (tertiary/aromatic N) is 1. The van der Waals surface area contributed by atoms with Gasteiger partial charge in [0.2, 0.25) is 0 Å². The molecule has 0 N–H and O–H groups in total. The normalized spacial score (nSPS) is 10.4. The van der Waals surface area contributed by atoms with E-state index in [2.05, 4.69) is 6.07 Å². The first kappa shape index (κ1) is 12.9. The van der Waals surface area contributed by atoms with Crippen LogP contribution in [0.1, 0.15) is 22.3 Å². The van der Waals surface area contributed by atoms with Crippen molar-refractivity contribution in [3.05, 3.63) is 64.7 Å². The monoisotopic (exact) mass is 249 g/mol. The number of nitriles is 1. The highest BCUT2D eigenvalue weighted by molar-refractivity contribution is 5.74. The molecule has 94 valence electrons. The Kier molecular flexibility index (Phi) is 4.00. The van der Waals surface area contributed by atoms with Crippen LogP contribution in [0.4, 0.5) is 0 Å². The zero-order valence-corrected chi connectivity index (χ0v) is 11.1. The summed E-state index contributed by atoms with van der Waals surface area (Å²) in [5.41, 5.74) is 3.62. The van der Waals surface area contributed by atoms with Crippen molar-refractivity contribution in [3.63, 3.8) is 0 Å². The predicted molar refractivity (Wildman–Crippen MR) is 77.8 cm³/mol. The van der Waals surface area contributed by atoms with Crippen LogP contribution in [-0.2, 0) is 0 Å². The first-order valence-electron chi connectivity index (χ1n) is 6.06. The number of hydrogen-bond acceptors (Lipinski definition) is 2. The lowest BCUT2D eigenvalue weighted by molar-refractivity contribution is 0.413. The van der Waals surface area contributed by atoms with Gasteiger partial charge in [-0.2, -0.15) is 5.26 Å². The van der Waals surface area contributed by atoms with Crippen LogP contribution >= 0.6 is 0 Å². The Hall–Kier alpha value is -2.53. The molecule has 0 aromatic heterocycles. The smallest absolute Gasteiger partial charge is 0.137 e. The zero-order valence-electron chi connectivity index (χ0n) is 11.1. The third kappa shape index (κ3) is 3.02. The molecule has 0 bridgehead atoms. The topological polar surface area (TPSA) is 33.0 Å². The molecular formula is C17H15NO. The summed E-state index contributed by atoms with van der Waals surface area (Å²) >= 11 is 0. The molecule has 0 fully saturated rings. The minimum atomic E-state index is 0.570.